The van der Waals surface area contributed by atoms with E-state index in [0.29, 0.717) is 23.1 Å². The molecule has 0 saturated carbocycles. The molecule has 0 atom stereocenters. The molecule has 0 bridgehead atoms. The number of halogens is 1. The number of amides is 1. The Morgan fingerprint density at radius 2 is 1.88 bits per heavy atom. The van der Waals surface area contributed by atoms with Crippen molar-refractivity contribution in [3.05, 3.63) is 58.6 Å². The Labute approximate surface area is 163 Å². The molecular formula is C21H25BrN2O2. The van der Waals surface area contributed by atoms with Gasteiger partial charge in [-0.25, -0.2) is 0 Å². The van der Waals surface area contributed by atoms with E-state index in [1.54, 1.807) is 0 Å². The summed E-state index contributed by atoms with van der Waals surface area (Å²) in [6.45, 7) is 6.49. The van der Waals surface area contributed by atoms with Gasteiger partial charge in [0.15, 0.2) is 0 Å². The van der Waals surface area contributed by atoms with Gasteiger partial charge in [-0.2, -0.15) is 0 Å². The molecule has 1 aliphatic heterocycles. The van der Waals surface area contributed by atoms with Crippen LogP contribution in [-0.4, -0.2) is 36.0 Å². The third kappa shape index (κ3) is 4.86. The van der Waals surface area contributed by atoms with Crippen LogP contribution in [0.25, 0.3) is 0 Å². The number of benzene rings is 2. The lowest BCUT2D eigenvalue weighted by molar-refractivity contribution is 0.0898. The SMILES string of the molecule is CC(C)N1CCC(NC(=O)c2ccccc2Oc2cccc(Br)c2)CC1. The zero-order valence-corrected chi connectivity index (χ0v) is 16.8. The van der Waals surface area contributed by atoms with Crippen molar-refractivity contribution in [1.82, 2.24) is 10.2 Å². The molecule has 5 heteroatoms. The summed E-state index contributed by atoms with van der Waals surface area (Å²) in [6.07, 6.45) is 1.97. The molecule has 1 saturated heterocycles. The van der Waals surface area contributed by atoms with E-state index >= 15 is 0 Å². The summed E-state index contributed by atoms with van der Waals surface area (Å²) in [5, 5.41) is 3.18. The van der Waals surface area contributed by atoms with E-state index in [-0.39, 0.29) is 11.9 Å². The molecule has 1 N–H and O–H groups in total. The molecule has 3 rings (SSSR count). The Morgan fingerprint density at radius 3 is 2.58 bits per heavy atom. The van der Waals surface area contributed by atoms with Crippen molar-refractivity contribution >= 4 is 21.8 Å². The Bertz CT molecular complexity index is 755. The lowest BCUT2D eigenvalue weighted by Crippen LogP contribution is -2.46. The van der Waals surface area contributed by atoms with E-state index in [4.69, 9.17) is 4.74 Å². The summed E-state index contributed by atoms with van der Waals surface area (Å²) in [5.41, 5.74) is 0.568. The van der Waals surface area contributed by atoms with Crippen LogP contribution in [0.15, 0.2) is 53.0 Å². The molecule has 2 aromatic rings. The van der Waals surface area contributed by atoms with E-state index < -0.39 is 0 Å². The predicted octanol–water partition coefficient (Wildman–Crippen LogP) is 4.84. The maximum atomic E-state index is 12.8. The molecule has 0 unspecified atom stereocenters. The van der Waals surface area contributed by atoms with Gasteiger partial charge in [-0.15, -0.1) is 0 Å². The smallest absolute Gasteiger partial charge is 0.255 e. The number of ether oxygens (including phenoxy) is 1. The van der Waals surface area contributed by atoms with Crippen LogP contribution in [-0.2, 0) is 0 Å². The summed E-state index contributed by atoms with van der Waals surface area (Å²) < 4.78 is 6.89. The van der Waals surface area contributed by atoms with E-state index in [1.165, 1.54) is 0 Å². The average Bonchev–Trinajstić information content (AvgIpc) is 2.62. The molecule has 138 valence electrons. The highest BCUT2D eigenvalue weighted by Crippen LogP contribution is 2.27. The zero-order valence-electron chi connectivity index (χ0n) is 15.2. The highest BCUT2D eigenvalue weighted by atomic mass is 79.9. The molecule has 26 heavy (non-hydrogen) atoms. The third-order valence-corrected chi connectivity index (χ3v) is 5.24. The predicted molar refractivity (Wildman–Crippen MR) is 108 cm³/mol. The van der Waals surface area contributed by atoms with Crippen LogP contribution in [0.3, 0.4) is 0 Å². The van der Waals surface area contributed by atoms with Crippen LogP contribution < -0.4 is 10.1 Å². The van der Waals surface area contributed by atoms with Gasteiger partial charge in [0.05, 0.1) is 5.56 Å². The minimum atomic E-state index is -0.0707. The summed E-state index contributed by atoms with van der Waals surface area (Å²) in [5.74, 6) is 1.20. The van der Waals surface area contributed by atoms with Crippen LogP contribution in [0.4, 0.5) is 0 Å². The van der Waals surface area contributed by atoms with Crippen molar-refractivity contribution in [2.75, 3.05) is 13.1 Å². The Morgan fingerprint density at radius 1 is 1.15 bits per heavy atom. The molecule has 0 aliphatic carbocycles. The lowest BCUT2D eigenvalue weighted by atomic mass is 10.0. The van der Waals surface area contributed by atoms with E-state index in [0.717, 1.165) is 30.4 Å². The number of para-hydroxylation sites is 1. The molecular weight excluding hydrogens is 392 g/mol. The summed E-state index contributed by atoms with van der Waals surface area (Å²) in [6, 6.07) is 15.8. The van der Waals surface area contributed by atoms with Gasteiger partial charge in [-0.3, -0.25) is 4.79 Å². The van der Waals surface area contributed by atoms with Gasteiger partial charge in [0.1, 0.15) is 11.5 Å². The van der Waals surface area contributed by atoms with E-state index in [2.05, 4.69) is 40.0 Å². The molecule has 1 aliphatic rings. The van der Waals surface area contributed by atoms with Crippen LogP contribution in [0, 0.1) is 0 Å². The first-order valence-corrected chi connectivity index (χ1v) is 9.89. The monoisotopic (exact) mass is 416 g/mol. The molecule has 4 nitrogen and oxygen atoms in total. The van der Waals surface area contributed by atoms with Gasteiger partial charge < -0.3 is 15.0 Å². The first-order valence-electron chi connectivity index (χ1n) is 9.10. The molecule has 0 aromatic heterocycles. The Balaban J connectivity index is 1.66. The van der Waals surface area contributed by atoms with Crippen LogP contribution in [0.2, 0.25) is 0 Å². The van der Waals surface area contributed by atoms with Crippen molar-refractivity contribution in [2.24, 2.45) is 0 Å². The topological polar surface area (TPSA) is 41.6 Å². The number of nitrogens with one attached hydrogen (secondary N) is 1. The fourth-order valence-electron chi connectivity index (χ4n) is 3.22. The first-order chi connectivity index (χ1) is 12.5. The van der Waals surface area contributed by atoms with Crippen LogP contribution >= 0.6 is 15.9 Å². The van der Waals surface area contributed by atoms with Crippen LogP contribution in [0.1, 0.15) is 37.0 Å². The number of hydrogen-bond acceptors (Lipinski definition) is 3. The third-order valence-electron chi connectivity index (χ3n) is 4.75. The van der Waals surface area contributed by atoms with Gasteiger partial charge in [-0.1, -0.05) is 34.1 Å². The fraction of sp³-hybridized carbons (Fsp3) is 0.381. The molecule has 0 radical (unpaired) electrons. The van der Waals surface area contributed by atoms with Crippen molar-refractivity contribution < 1.29 is 9.53 Å². The normalized spacial score (nSPS) is 15.8. The summed E-state index contributed by atoms with van der Waals surface area (Å²) in [4.78, 5) is 15.2. The van der Waals surface area contributed by atoms with E-state index in [9.17, 15) is 4.79 Å². The molecule has 2 aromatic carbocycles. The number of rotatable bonds is 5. The number of hydrogen-bond donors (Lipinski definition) is 1. The Hall–Kier alpha value is -1.85. The number of carbonyl (C=O) groups excluding carboxylic acids is 1. The van der Waals surface area contributed by atoms with Crippen LogP contribution in [0.5, 0.6) is 11.5 Å². The van der Waals surface area contributed by atoms with Gasteiger partial charge in [0.2, 0.25) is 0 Å². The highest BCUT2D eigenvalue weighted by molar-refractivity contribution is 9.10. The molecule has 1 fully saturated rings. The highest BCUT2D eigenvalue weighted by Gasteiger charge is 2.23. The second-order valence-electron chi connectivity index (χ2n) is 6.93. The second kappa shape index (κ2) is 8.69. The standard InChI is InChI=1S/C21H25BrN2O2/c1-15(2)24-12-10-17(11-13-24)23-21(25)19-8-3-4-9-20(19)26-18-7-5-6-16(22)14-18/h3-9,14-15,17H,10-13H2,1-2H3,(H,23,25). The zero-order chi connectivity index (χ0) is 18.5. The maximum absolute atomic E-state index is 12.8. The largest absolute Gasteiger partial charge is 0.456 e. The number of likely N-dealkylation sites (tertiary alicyclic amines) is 1. The van der Waals surface area contributed by atoms with Crippen molar-refractivity contribution in [3.8, 4) is 11.5 Å². The number of piperidine rings is 1. The first kappa shape index (κ1) is 18.9. The van der Waals surface area contributed by atoms with Gasteiger partial charge in [0, 0.05) is 29.6 Å². The summed E-state index contributed by atoms with van der Waals surface area (Å²) >= 11 is 3.44. The number of carbonyl (C=O) groups is 1. The second-order valence-corrected chi connectivity index (χ2v) is 7.85. The quantitative estimate of drug-likeness (QED) is 0.757. The lowest BCUT2D eigenvalue weighted by Gasteiger charge is -2.34. The number of nitrogens with zero attached hydrogens (tertiary/aromatic N) is 1. The minimum Gasteiger partial charge on any atom is -0.456 e. The van der Waals surface area contributed by atoms with Crippen molar-refractivity contribution in [2.45, 2.75) is 38.8 Å². The molecule has 1 heterocycles. The summed E-state index contributed by atoms with van der Waals surface area (Å²) in [7, 11) is 0. The average molecular weight is 417 g/mol. The Kier molecular flexibility index (Phi) is 6.33. The van der Waals surface area contributed by atoms with E-state index in [1.807, 2.05) is 48.5 Å². The molecule has 1 amide bonds. The van der Waals surface area contributed by atoms with Crippen molar-refractivity contribution in [3.63, 3.8) is 0 Å². The fourth-order valence-corrected chi connectivity index (χ4v) is 3.60. The van der Waals surface area contributed by atoms with Gasteiger partial charge >= 0.3 is 0 Å². The molecule has 0 spiro atoms. The minimum absolute atomic E-state index is 0.0707. The maximum Gasteiger partial charge on any atom is 0.255 e. The van der Waals surface area contributed by atoms with Gasteiger partial charge in [-0.05, 0) is 57.0 Å². The van der Waals surface area contributed by atoms with Crippen molar-refractivity contribution in [1.29, 1.82) is 0 Å². The van der Waals surface area contributed by atoms with Gasteiger partial charge in [0.25, 0.3) is 5.91 Å².